The number of hydrogen-bond donors (Lipinski definition) is 1. The Bertz CT molecular complexity index is 304. The molecular weight excluding hydrogens is 205 g/mol. The van der Waals surface area contributed by atoms with E-state index in [1.54, 1.807) is 12.1 Å². The molecule has 0 aliphatic heterocycles. The molecule has 3 heteroatoms. The molecule has 1 aromatic carbocycles. The molecule has 0 saturated heterocycles. The molecule has 0 spiro atoms. The molecule has 2 nitrogen and oxygen atoms in total. The van der Waals surface area contributed by atoms with E-state index in [9.17, 15) is 4.39 Å². The highest BCUT2D eigenvalue weighted by Gasteiger charge is 2.01. The third-order valence-corrected chi connectivity index (χ3v) is 2.69. The van der Waals surface area contributed by atoms with Gasteiger partial charge in [-0.15, -0.1) is 0 Å². The van der Waals surface area contributed by atoms with Crippen molar-refractivity contribution in [2.45, 2.75) is 19.8 Å². The Morgan fingerprint density at radius 2 is 2.12 bits per heavy atom. The first-order chi connectivity index (χ1) is 7.76. The van der Waals surface area contributed by atoms with Crippen LogP contribution >= 0.6 is 0 Å². The van der Waals surface area contributed by atoms with Gasteiger partial charge in [0.05, 0.1) is 6.61 Å². The predicted molar refractivity (Wildman–Crippen MR) is 63.9 cm³/mol. The molecule has 0 aromatic heterocycles. The number of halogens is 1. The van der Waals surface area contributed by atoms with E-state index in [4.69, 9.17) is 5.11 Å². The maximum atomic E-state index is 12.9. The molecule has 1 aromatic rings. The summed E-state index contributed by atoms with van der Waals surface area (Å²) in [5, 5.41) is 8.83. The van der Waals surface area contributed by atoms with E-state index in [1.807, 2.05) is 6.07 Å². The van der Waals surface area contributed by atoms with E-state index in [0.717, 1.165) is 38.0 Å². The van der Waals surface area contributed by atoms with Gasteiger partial charge in [0.25, 0.3) is 0 Å². The van der Waals surface area contributed by atoms with Crippen LogP contribution in [0.25, 0.3) is 0 Å². The molecule has 0 unspecified atom stereocenters. The van der Waals surface area contributed by atoms with Gasteiger partial charge in [-0.2, -0.15) is 0 Å². The second-order valence-corrected chi connectivity index (χ2v) is 3.89. The van der Waals surface area contributed by atoms with Crippen molar-refractivity contribution in [3.8, 4) is 0 Å². The van der Waals surface area contributed by atoms with Gasteiger partial charge in [-0.05, 0) is 43.6 Å². The van der Waals surface area contributed by atoms with Gasteiger partial charge in [-0.1, -0.05) is 19.1 Å². The van der Waals surface area contributed by atoms with Crippen LogP contribution in [-0.4, -0.2) is 36.2 Å². The second-order valence-electron chi connectivity index (χ2n) is 3.89. The molecule has 0 heterocycles. The lowest BCUT2D eigenvalue weighted by molar-refractivity contribution is 0.200. The largest absolute Gasteiger partial charge is 0.395 e. The van der Waals surface area contributed by atoms with Crippen molar-refractivity contribution >= 4 is 0 Å². The third kappa shape index (κ3) is 4.73. The summed E-state index contributed by atoms with van der Waals surface area (Å²) in [5.74, 6) is -0.166. The first kappa shape index (κ1) is 13.1. The van der Waals surface area contributed by atoms with Crippen LogP contribution in [0.15, 0.2) is 24.3 Å². The quantitative estimate of drug-likeness (QED) is 0.768. The summed E-state index contributed by atoms with van der Waals surface area (Å²) in [6, 6.07) is 6.75. The number of rotatable bonds is 7. The zero-order valence-corrected chi connectivity index (χ0v) is 9.82. The standard InChI is InChI=1S/C13H20FNO/c1-2-15(9-10-16)8-4-6-12-5-3-7-13(14)11-12/h3,5,7,11,16H,2,4,6,8-10H2,1H3. The van der Waals surface area contributed by atoms with Gasteiger partial charge in [0.15, 0.2) is 0 Å². The maximum Gasteiger partial charge on any atom is 0.123 e. The number of benzene rings is 1. The van der Waals surface area contributed by atoms with Crippen molar-refractivity contribution in [2.75, 3.05) is 26.2 Å². The Kier molecular flexibility index (Phi) is 6.04. The first-order valence-corrected chi connectivity index (χ1v) is 5.84. The minimum Gasteiger partial charge on any atom is -0.395 e. The SMILES string of the molecule is CCN(CCO)CCCc1cccc(F)c1. The summed E-state index contributed by atoms with van der Waals surface area (Å²) >= 11 is 0. The molecule has 16 heavy (non-hydrogen) atoms. The average Bonchev–Trinajstić information content (AvgIpc) is 2.28. The van der Waals surface area contributed by atoms with Crippen LogP contribution in [0.4, 0.5) is 4.39 Å². The summed E-state index contributed by atoms with van der Waals surface area (Å²) < 4.78 is 12.9. The Morgan fingerprint density at radius 1 is 1.31 bits per heavy atom. The summed E-state index contributed by atoms with van der Waals surface area (Å²) in [5.41, 5.74) is 1.04. The van der Waals surface area contributed by atoms with Crippen LogP contribution in [-0.2, 0) is 6.42 Å². The van der Waals surface area contributed by atoms with Gasteiger partial charge in [-0.3, -0.25) is 0 Å². The molecule has 0 bridgehead atoms. The van der Waals surface area contributed by atoms with E-state index in [1.165, 1.54) is 6.07 Å². The molecule has 0 amide bonds. The number of aliphatic hydroxyl groups is 1. The smallest absolute Gasteiger partial charge is 0.123 e. The van der Waals surface area contributed by atoms with Gasteiger partial charge >= 0.3 is 0 Å². The van der Waals surface area contributed by atoms with Crippen LogP contribution in [0.2, 0.25) is 0 Å². The Balaban J connectivity index is 2.29. The van der Waals surface area contributed by atoms with Gasteiger partial charge < -0.3 is 10.0 Å². The zero-order valence-electron chi connectivity index (χ0n) is 9.82. The predicted octanol–water partition coefficient (Wildman–Crippen LogP) is 2.07. The topological polar surface area (TPSA) is 23.5 Å². The summed E-state index contributed by atoms with van der Waals surface area (Å²) in [6.45, 7) is 4.91. The molecule has 90 valence electrons. The normalized spacial score (nSPS) is 11.0. The third-order valence-electron chi connectivity index (χ3n) is 2.69. The molecule has 0 aliphatic rings. The molecule has 0 fully saturated rings. The number of nitrogens with zero attached hydrogens (tertiary/aromatic N) is 1. The van der Waals surface area contributed by atoms with Gasteiger partial charge in [0.2, 0.25) is 0 Å². The van der Waals surface area contributed by atoms with E-state index in [0.29, 0.717) is 0 Å². The van der Waals surface area contributed by atoms with Gasteiger partial charge in [0, 0.05) is 6.54 Å². The van der Waals surface area contributed by atoms with Crippen LogP contribution in [0, 0.1) is 5.82 Å². The molecular formula is C13H20FNO. The van der Waals surface area contributed by atoms with Crippen LogP contribution in [0.1, 0.15) is 18.9 Å². The number of likely N-dealkylation sites (N-methyl/N-ethyl adjacent to an activating group) is 1. The van der Waals surface area contributed by atoms with E-state index in [-0.39, 0.29) is 12.4 Å². The van der Waals surface area contributed by atoms with Crippen LogP contribution in [0.3, 0.4) is 0 Å². The second kappa shape index (κ2) is 7.36. The fraction of sp³-hybridized carbons (Fsp3) is 0.538. The Morgan fingerprint density at radius 3 is 2.75 bits per heavy atom. The maximum absolute atomic E-state index is 12.9. The van der Waals surface area contributed by atoms with E-state index >= 15 is 0 Å². The van der Waals surface area contributed by atoms with Crippen molar-refractivity contribution in [2.24, 2.45) is 0 Å². The summed E-state index contributed by atoms with van der Waals surface area (Å²) in [7, 11) is 0. The lowest BCUT2D eigenvalue weighted by Gasteiger charge is -2.18. The minimum absolute atomic E-state index is 0.166. The van der Waals surface area contributed by atoms with Crippen molar-refractivity contribution in [3.63, 3.8) is 0 Å². The van der Waals surface area contributed by atoms with Crippen molar-refractivity contribution in [1.29, 1.82) is 0 Å². The molecule has 1 rings (SSSR count). The fourth-order valence-corrected chi connectivity index (χ4v) is 1.77. The molecule has 0 radical (unpaired) electrons. The van der Waals surface area contributed by atoms with Crippen molar-refractivity contribution < 1.29 is 9.50 Å². The Hall–Kier alpha value is -0.930. The van der Waals surface area contributed by atoms with Gasteiger partial charge in [0.1, 0.15) is 5.82 Å². The first-order valence-electron chi connectivity index (χ1n) is 5.84. The highest BCUT2D eigenvalue weighted by Crippen LogP contribution is 2.06. The average molecular weight is 225 g/mol. The Labute approximate surface area is 96.7 Å². The summed E-state index contributed by atoms with van der Waals surface area (Å²) in [6.07, 6.45) is 1.89. The van der Waals surface area contributed by atoms with E-state index in [2.05, 4.69) is 11.8 Å². The lowest BCUT2D eigenvalue weighted by Crippen LogP contribution is -2.27. The summed E-state index contributed by atoms with van der Waals surface area (Å²) in [4.78, 5) is 2.19. The zero-order chi connectivity index (χ0) is 11.8. The highest BCUT2D eigenvalue weighted by atomic mass is 19.1. The number of hydrogen-bond acceptors (Lipinski definition) is 2. The van der Waals surface area contributed by atoms with Crippen LogP contribution in [0.5, 0.6) is 0 Å². The van der Waals surface area contributed by atoms with Gasteiger partial charge in [-0.25, -0.2) is 4.39 Å². The molecule has 0 aliphatic carbocycles. The van der Waals surface area contributed by atoms with Crippen LogP contribution < -0.4 is 0 Å². The lowest BCUT2D eigenvalue weighted by atomic mass is 10.1. The monoisotopic (exact) mass is 225 g/mol. The highest BCUT2D eigenvalue weighted by molar-refractivity contribution is 5.16. The minimum atomic E-state index is -0.166. The van der Waals surface area contributed by atoms with Crippen molar-refractivity contribution in [3.05, 3.63) is 35.6 Å². The fourth-order valence-electron chi connectivity index (χ4n) is 1.77. The molecule has 0 saturated carbocycles. The number of aryl methyl sites for hydroxylation is 1. The molecule has 1 N–H and O–H groups in total. The van der Waals surface area contributed by atoms with E-state index < -0.39 is 0 Å². The van der Waals surface area contributed by atoms with Crippen molar-refractivity contribution in [1.82, 2.24) is 4.90 Å². The number of aliphatic hydroxyl groups excluding tert-OH is 1. The molecule has 0 atom stereocenters.